The lowest BCUT2D eigenvalue weighted by Crippen LogP contribution is -2.56. The number of hydrogen-bond donors (Lipinski definition) is 2. The number of halogens is 2. The summed E-state index contributed by atoms with van der Waals surface area (Å²) in [4.78, 5) is 38.5. The van der Waals surface area contributed by atoms with Crippen LogP contribution in [0.15, 0.2) is 60.7 Å². The number of alkyl carbamates (subject to hydrolysis) is 1. The number of hydrogen-bond acceptors (Lipinski definition) is 6. The van der Waals surface area contributed by atoms with Crippen LogP contribution in [0.1, 0.15) is 38.8 Å². The van der Waals surface area contributed by atoms with Crippen LogP contribution in [0.4, 0.5) is 13.6 Å². The molecule has 2 unspecified atom stereocenters. The number of ether oxygens (including phenoxy) is 3. The van der Waals surface area contributed by atoms with Crippen LogP contribution in [0.5, 0.6) is 0 Å². The highest BCUT2D eigenvalue weighted by atomic mass is 19.3. The maximum Gasteiger partial charge on any atom is 0.408 e. The molecule has 2 N–H and O–H groups in total. The van der Waals surface area contributed by atoms with E-state index in [0.29, 0.717) is 12.0 Å². The number of rotatable bonds is 12. The Morgan fingerprint density at radius 2 is 1.46 bits per heavy atom. The fourth-order valence-electron chi connectivity index (χ4n) is 3.43. The summed E-state index contributed by atoms with van der Waals surface area (Å²) in [5.74, 6) is -2.18. The van der Waals surface area contributed by atoms with Crippen molar-refractivity contribution in [3.05, 3.63) is 71.8 Å². The van der Waals surface area contributed by atoms with Crippen molar-refractivity contribution < 1.29 is 37.4 Å². The number of esters is 1. The average Bonchev–Trinajstić information content (AvgIpc) is 2.83. The highest BCUT2D eigenvalue weighted by Crippen LogP contribution is 2.15. The zero-order valence-electron chi connectivity index (χ0n) is 21.4. The topological polar surface area (TPSA) is 103 Å². The molecule has 0 fully saturated rings. The first kappa shape index (κ1) is 29.7. The van der Waals surface area contributed by atoms with Gasteiger partial charge in [-0.25, -0.2) is 9.59 Å². The van der Waals surface area contributed by atoms with Crippen LogP contribution in [-0.4, -0.2) is 48.9 Å². The normalized spacial score (nSPS) is 13.8. The van der Waals surface area contributed by atoms with Gasteiger partial charge in [-0.1, -0.05) is 67.6 Å². The molecule has 2 aromatic rings. The van der Waals surface area contributed by atoms with Crippen LogP contribution >= 0.6 is 0 Å². The summed E-state index contributed by atoms with van der Waals surface area (Å²) in [7, 11) is 0. The number of nitrogens with one attached hydrogen (secondary N) is 2. The lowest BCUT2D eigenvalue weighted by Gasteiger charge is -2.28. The Balaban J connectivity index is 2.18. The highest BCUT2D eigenvalue weighted by Gasteiger charge is 2.33. The first-order chi connectivity index (χ1) is 17.4. The second-order valence-corrected chi connectivity index (χ2v) is 9.54. The molecule has 2 aromatic carbocycles. The number of carbonyl (C=O) groups excluding carboxylic acids is 3. The molecule has 0 spiro atoms. The molecule has 2 rings (SSSR count). The minimum Gasteiger partial charge on any atom is -0.459 e. The Labute approximate surface area is 215 Å². The Bertz CT molecular complexity index is 999. The smallest absolute Gasteiger partial charge is 0.408 e. The van der Waals surface area contributed by atoms with E-state index in [1.54, 1.807) is 58.0 Å². The van der Waals surface area contributed by atoms with Gasteiger partial charge in [-0.2, -0.15) is 8.78 Å². The monoisotopic (exact) mass is 520 g/mol. The third-order valence-corrected chi connectivity index (χ3v) is 5.14. The summed E-state index contributed by atoms with van der Waals surface area (Å²) in [5.41, 5.74) is 0.776. The van der Waals surface area contributed by atoms with Gasteiger partial charge >= 0.3 is 18.7 Å². The van der Waals surface area contributed by atoms with Gasteiger partial charge in [0.25, 0.3) is 0 Å². The van der Waals surface area contributed by atoms with Crippen LogP contribution in [0.3, 0.4) is 0 Å². The summed E-state index contributed by atoms with van der Waals surface area (Å²) in [5, 5.41) is 4.95. The molecule has 0 aliphatic carbocycles. The van der Waals surface area contributed by atoms with Gasteiger partial charge in [0.1, 0.15) is 18.2 Å². The molecular formula is C27H34F2N2O6. The van der Waals surface area contributed by atoms with Crippen LogP contribution in [0.2, 0.25) is 0 Å². The second-order valence-electron chi connectivity index (χ2n) is 9.54. The minimum absolute atomic E-state index is 0.120. The zero-order chi connectivity index (χ0) is 27.4. The first-order valence-corrected chi connectivity index (χ1v) is 11.9. The number of benzene rings is 2. The quantitative estimate of drug-likeness (QED) is 0.406. The van der Waals surface area contributed by atoms with Crippen LogP contribution < -0.4 is 10.6 Å². The maximum absolute atomic E-state index is 13.3. The van der Waals surface area contributed by atoms with Gasteiger partial charge in [0.15, 0.2) is 6.04 Å². The lowest BCUT2D eigenvalue weighted by molar-refractivity contribution is -0.161. The van der Waals surface area contributed by atoms with Crippen molar-refractivity contribution in [2.45, 2.75) is 65.0 Å². The molecule has 0 saturated heterocycles. The van der Waals surface area contributed by atoms with Crippen molar-refractivity contribution in [3.8, 4) is 0 Å². The maximum atomic E-state index is 13.3. The van der Waals surface area contributed by atoms with E-state index >= 15 is 0 Å². The predicted molar refractivity (Wildman–Crippen MR) is 133 cm³/mol. The van der Waals surface area contributed by atoms with E-state index in [1.807, 2.05) is 30.3 Å². The fourth-order valence-corrected chi connectivity index (χ4v) is 3.43. The third kappa shape index (κ3) is 11.4. The molecule has 8 nitrogen and oxygen atoms in total. The summed E-state index contributed by atoms with van der Waals surface area (Å²) in [6, 6.07) is 15.4. The molecule has 3 atom stereocenters. The summed E-state index contributed by atoms with van der Waals surface area (Å²) < 4.78 is 40.3. The molecule has 2 amide bonds. The molecule has 37 heavy (non-hydrogen) atoms. The first-order valence-electron chi connectivity index (χ1n) is 11.9. The Morgan fingerprint density at radius 1 is 0.892 bits per heavy atom. The molecule has 10 heteroatoms. The molecule has 0 aliphatic rings. The highest BCUT2D eigenvalue weighted by molar-refractivity contribution is 5.90. The van der Waals surface area contributed by atoms with Crippen molar-refractivity contribution in [3.63, 3.8) is 0 Å². The van der Waals surface area contributed by atoms with Gasteiger partial charge in [0, 0.05) is 0 Å². The molecule has 0 bridgehead atoms. The van der Waals surface area contributed by atoms with Gasteiger partial charge < -0.3 is 24.8 Å². The van der Waals surface area contributed by atoms with Crippen molar-refractivity contribution in [2.24, 2.45) is 5.92 Å². The summed E-state index contributed by atoms with van der Waals surface area (Å²) >= 11 is 0. The Kier molecular flexibility index (Phi) is 11.5. The number of amides is 2. The summed E-state index contributed by atoms with van der Waals surface area (Å²) in [6.07, 6.45) is -0.426. The van der Waals surface area contributed by atoms with E-state index < -0.39 is 54.8 Å². The Hall–Kier alpha value is -3.53. The summed E-state index contributed by atoms with van der Waals surface area (Å²) in [6.45, 7) is 2.68. The van der Waals surface area contributed by atoms with Gasteiger partial charge in [0.05, 0.1) is 6.61 Å². The van der Waals surface area contributed by atoms with Crippen LogP contribution in [0, 0.1) is 5.92 Å². The van der Waals surface area contributed by atoms with E-state index in [1.165, 1.54) is 0 Å². The number of alkyl halides is 2. The lowest BCUT2D eigenvalue weighted by atomic mass is 9.93. The molecule has 0 radical (unpaired) electrons. The SMILES string of the molecule is CC(Cc1ccccc1)C(NC(=O)OC(C)(C)C)C(=O)N[C@@H](COC(F)F)C(=O)OCc1ccccc1. The predicted octanol–water partition coefficient (Wildman–Crippen LogP) is 4.23. The standard InChI is InChI=1S/C27H34F2N2O6/c1-18(15-19-11-7-5-8-12-19)22(31-26(34)37-27(2,3)4)23(32)30-21(17-36-25(28)29)24(33)35-16-20-13-9-6-10-14-20/h5-14,18,21-22,25H,15-17H2,1-4H3,(H,30,32)(H,31,34)/t18?,21-,22?/m0/s1. The molecule has 0 saturated carbocycles. The molecular weight excluding hydrogens is 486 g/mol. The third-order valence-electron chi connectivity index (χ3n) is 5.14. The van der Waals surface area contributed by atoms with Gasteiger partial charge in [-0.05, 0) is 44.2 Å². The van der Waals surface area contributed by atoms with Crippen molar-refractivity contribution >= 4 is 18.0 Å². The number of carbonyl (C=O) groups is 3. The van der Waals surface area contributed by atoms with E-state index in [0.717, 1.165) is 5.56 Å². The largest absolute Gasteiger partial charge is 0.459 e. The van der Waals surface area contributed by atoms with Gasteiger partial charge in [0.2, 0.25) is 5.91 Å². The van der Waals surface area contributed by atoms with E-state index in [-0.39, 0.29) is 6.61 Å². The fraction of sp³-hybridized carbons (Fsp3) is 0.444. The van der Waals surface area contributed by atoms with Crippen molar-refractivity contribution in [1.82, 2.24) is 10.6 Å². The molecule has 0 aliphatic heterocycles. The van der Waals surface area contributed by atoms with Crippen molar-refractivity contribution in [2.75, 3.05) is 6.61 Å². The van der Waals surface area contributed by atoms with E-state index in [9.17, 15) is 23.2 Å². The Morgan fingerprint density at radius 3 is 2.00 bits per heavy atom. The average molecular weight is 521 g/mol. The van der Waals surface area contributed by atoms with Gasteiger partial charge in [-0.15, -0.1) is 0 Å². The van der Waals surface area contributed by atoms with E-state index in [4.69, 9.17) is 9.47 Å². The minimum atomic E-state index is -3.16. The van der Waals surface area contributed by atoms with Crippen molar-refractivity contribution in [1.29, 1.82) is 0 Å². The molecule has 0 aromatic heterocycles. The van der Waals surface area contributed by atoms with Crippen LogP contribution in [-0.2, 0) is 36.8 Å². The molecule has 0 heterocycles. The zero-order valence-corrected chi connectivity index (χ0v) is 21.4. The van der Waals surface area contributed by atoms with Gasteiger partial charge in [-0.3, -0.25) is 4.79 Å². The second kappa shape index (κ2) is 14.3. The molecule has 202 valence electrons. The van der Waals surface area contributed by atoms with E-state index in [2.05, 4.69) is 15.4 Å². The van der Waals surface area contributed by atoms with Crippen LogP contribution in [0.25, 0.3) is 0 Å².